The zero-order valence-electron chi connectivity index (χ0n) is 26.8. The highest BCUT2D eigenvalue weighted by atomic mass is 35.5. The number of anilines is 2. The number of aromatic nitrogens is 5. The topological polar surface area (TPSA) is 91.8 Å². The number of rotatable bonds is 10. The van der Waals surface area contributed by atoms with E-state index in [4.69, 9.17) is 37.4 Å². The van der Waals surface area contributed by atoms with Gasteiger partial charge in [-0.1, -0.05) is 29.3 Å². The first-order valence-corrected chi connectivity index (χ1v) is 16.8. The number of aryl methyl sites for hydroxylation is 2. The first-order chi connectivity index (χ1) is 23.3. The number of ether oxygens (including phenoxy) is 3. The molecule has 13 heteroatoms. The van der Waals surface area contributed by atoms with Crippen molar-refractivity contribution in [2.45, 2.75) is 38.8 Å². The van der Waals surface area contributed by atoms with Crippen LogP contribution in [-0.2, 0) is 28.4 Å². The normalized spacial score (nSPS) is 19.6. The lowest BCUT2D eigenvalue weighted by Gasteiger charge is -2.37. The zero-order valence-corrected chi connectivity index (χ0v) is 28.3. The standard InChI is InChI=1S/C35H37Cl2N7O4/c1-3-43-34(45)44(25(2)39-43)29-7-5-27(6-8-29)41-16-18-42(19-17-41)28-9-11-30(12-10-28)46-21-31-22-47-35(48-31,23-40-15-14-38-24-40)32-13-4-26(36)20-33(32)37/h4-15,20,24,31H,3,16-19,21-23H2,1-2H3. The molecular weight excluding hydrogens is 653 g/mol. The summed E-state index contributed by atoms with van der Waals surface area (Å²) in [4.78, 5) is 21.6. The zero-order chi connectivity index (χ0) is 33.3. The molecule has 0 bridgehead atoms. The number of hydrogen-bond acceptors (Lipinski definition) is 8. The van der Waals surface area contributed by atoms with Crippen LogP contribution in [0.2, 0.25) is 10.0 Å². The van der Waals surface area contributed by atoms with Gasteiger partial charge in [-0.05, 0) is 74.5 Å². The van der Waals surface area contributed by atoms with Crippen molar-refractivity contribution in [2.24, 2.45) is 0 Å². The summed E-state index contributed by atoms with van der Waals surface area (Å²) in [5, 5.41) is 5.36. The fourth-order valence-corrected chi connectivity index (χ4v) is 6.92. The van der Waals surface area contributed by atoms with Crippen LogP contribution < -0.4 is 20.2 Å². The van der Waals surface area contributed by atoms with Gasteiger partial charge in [-0.15, -0.1) is 0 Å². The number of piperazine rings is 1. The van der Waals surface area contributed by atoms with E-state index in [2.05, 4.69) is 44.1 Å². The van der Waals surface area contributed by atoms with Crippen molar-refractivity contribution < 1.29 is 14.2 Å². The van der Waals surface area contributed by atoms with Gasteiger partial charge in [-0.2, -0.15) is 5.10 Å². The molecule has 2 aliphatic heterocycles. The maximum absolute atomic E-state index is 12.7. The van der Waals surface area contributed by atoms with Crippen LogP contribution in [-0.4, -0.2) is 69.4 Å². The average molecular weight is 691 g/mol. The highest BCUT2D eigenvalue weighted by molar-refractivity contribution is 6.35. The van der Waals surface area contributed by atoms with Crippen LogP contribution in [0.1, 0.15) is 18.3 Å². The molecule has 7 rings (SSSR count). The van der Waals surface area contributed by atoms with E-state index in [-0.39, 0.29) is 11.8 Å². The molecule has 2 unspecified atom stereocenters. The lowest BCUT2D eigenvalue weighted by molar-refractivity contribution is -0.189. The minimum absolute atomic E-state index is 0.114. The molecular formula is C35H37Cl2N7O4. The van der Waals surface area contributed by atoms with Crippen LogP contribution in [0.15, 0.2) is 90.2 Å². The third-order valence-electron chi connectivity index (χ3n) is 8.84. The highest BCUT2D eigenvalue weighted by Gasteiger charge is 2.45. The summed E-state index contributed by atoms with van der Waals surface area (Å²) in [6.07, 6.45) is 4.99. The van der Waals surface area contributed by atoms with Crippen molar-refractivity contribution >= 4 is 34.6 Å². The Balaban J connectivity index is 0.934. The van der Waals surface area contributed by atoms with Crippen molar-refractivity contribution in [1.29, 1.82) is 0 Å². The Labute approximate surface area is 288 Å². The van der Waals surface area contributed by atoms with Crippen LogP contribution in [0.25, 0.3) is 5.69 Å². The lowest BCUT2D eigenvalue weighted by atomic mass is 10.1. The molecule has 0 spiro atoms. The maximum Gasteiger partial charge on any atom is 0.350 e. The molecule has 2 fully saturated rings. The van der Waals surface area contributed by atoms with Gasteiger partial charge in [0.1, 0.15) is 24.3 Å². The molecule has 11 nitrogen and oxygen atoms in total. The Bertz CT molecular complexity index is 1900. The largest absolute Gasteiger partial charge is 0.491 e. The van der Waals surface area contributed by atoms with Crippen LogP contribution in [0.4, 0.5) is 11.4 Å². The SMILES string of the molecule is CCn1nc(C)n(-c2ccc(N3CCN(c4ccc(OCC5COC(Cn6ccnc6)(c6ccc(Cl)cc6Cl)O5)cc4)CC3)cc2)c1=O. The van der Waals surface area contributed by atoms with E-state index < -0.39 is 5.79 Å². The molecule has 0 N–H and O–H groups in total. The Kier molecular flexibility index (Phi) is 9.19. The fraction of sp³-hybridized carbons (Fsp3) is 0.343. The van der Waals surface area contributed by atoms with E-state index in [0.717, 1.165) is 49.0 Å². The predicted octanol–water partition coefficient (Wildman–Crippen LogP) is 5.54. The Hall–Kier alpha value is -4.29. The molecule has 2 saturated heterocycles. The Morgan fingerprint density at radius 2 is 1.60 bits per heavy atom. The van der Waals surface area contributed by atoms with E-state index in [9.17, 15) is 4.79 Å². The average Bonchev–Trinajstić information content (AvgIpc) is 3.84. The van der Waals surface area contributed by atoms with Gasteiger partial charge in [0.25, 0.3) is 0 Å². The molecule has 4 heterocycles. The first kappa shape index (κ1) is 32.3. The second-order valence-electron chi connectivity index (χ2n) is 11.9. The Morgan fingerprint density at radius 1 is 0.938 bits per heavy atom. The number of hydrogen-bond donors (Lipinski definition) is 0. The van der Waals surface area contributed by atoms with E-state index in [0.29, 0.717) is 47.7 Å². The van der Waals surface area contributed by atoms with Crippen molar-refractivity contribution in [2.75, 3.05) is 49.2 Å². The maximum atomic E-state index is 12.7. The number of halogens is 2. The predicted molar refractivity (Wildman–Crippen MR) is 186 cm³/mol. The van der Waals surface area contributed by atoms with E-state index in [1.54, 1.807) is 29.2 Å². The van der Waals surface area contributed by atoms with E-state index >= 15 is 0 Å². The van der Waals surface area contributed by atoms with Gasteiger partial charge in [0.05, 0.1) is 30.2 Å². The monoisotopic (exact) mass is 689 g/mol. The third kappa shape index (κ3) is 6.55. The van der Waals surface area contributed by atoms with Gasteiger partial charge < -0.3 is 28.6 Å². The number of benzene rings is 3. The summed E-state index contributed by atoms with van der Waals surface area (Å²) in [5.41, 5.74) is 3.71. The quantitative estimate of drug-likeness (QED) is 0.189. The second kappa shape index (κ2) is 13.7. The first-order valence-electron chi connectivity index (χ1n) is 16.0. The summed E-state index contributed by atoms with van der Waals surface area (Å²) in [6.45, 7) is 8.93. The van der Waals surface area contributed by atoms with Crippen molar-refractivity contribution in [3.05, 3.63) is 117 Å². The van der Waals surface area contributed by atoms with Crippen LogP contribution >= 0.6 is 23.2 Å². The molecule has 48 heavy (non-hydrogen) atoms. The fourth-order valence-electron chi connectivity index (χ4n) is 6.37. The van der Waals surface area contributed by atoms with Crippen LogP contribution in [0.5, 0.6) is 5.75 Å². The molecule has 0 radical (unpaired) electrons. The number of imidazole rings is 1. The van der Waals surface area contributed by atoms with Gasteiger partial charge in [0, 0.05) is 67.1 Å². The molecule has 2 aliphatic rings. The summed E-state index contributed by atoms with van der Waals surface area (Å²) in [6, 6.07) is 21.6. The van der Waals surface area contributed by atoms with Crippen LogP contribution in [0, 0.1) is 6.92 Å². The van der Waals surface area contributed by atoms with Crippen molar-refractivity contribution in [3.8, 4) is 11.4 Å². The Morgan fingerprint density at radius 3 is 2.21 bits per heavy atom. The van der Waals surface area contributed by atoms with Crippen LogP contribution in [0.3, 0.4) is 0 Å². The molecule has 0 aliphatic carbocycles. The minimum atomic E-state index is -1.10. The molecule has 2 aromatic heterocycles. The molecule has 5 aromatic rings. The van der Waals surface area contributed by atoms with Gasteiger partial charge in [-0.3, -0.25) is 0 Å². The third-order valence-corrected chi connectivity index (χ3v) is 9.39. The van der Waals surface area contributed by atoms with Gasteiger partial charge in [0.2, 0.25) is 5.79 Å². The lowest BCUT2D eigenvalue weighted by Crippen LogP contribution is -2.46. The highest BCUT2D eigenvalue weighted by Crippen LogP contribution is 2.40. The molecule has 2 atom stereocenters. The van der Waals surface area contributed by atoms with Gasteiger partial charge >= 0.3 is 5.69 Å². The molecule has 250 valence electrons. The van der Waals surface area contributed by atoms with Crippen molar-refractivity contribution in [1.82, 2.24) is 23.9 Å². The summed E-state index contributed by atoms with van der Waals surface area (Å²) in [7, 11) is 0. The molecule has 0 amide bonds. The summed E-state index contributed by atoms with van der Waals surface area (Å²) in [5.74, 6) is 0.349. The van der Waals surface area contributed by atoms with E-state index in [1.807, 2.05) is 54.9 Å². The molecule has 0 saturated carbocycles. The van der Waals surface area contributed by atoms with Gasteiger partial charge in [-0.25, -0.2) is 19.0 Å². The molecule has 3 aromatic carbocycles. The van der Waals surface area contributed by atoms with Crippen molar-refractivity contribution in [3.63, 3.8) is 0 Å². The van der Waals surface area contributed by atoms with Gasteiger partial charge in [0.15, 0.2) is 0 Å². The summed E-state index contributed by atoms with van der Waals surface area (Å²) < 4.78 is 24.0. The second-order valence-corrected chi connectivity index (χ2v) is 12.8. The minimum Gasteiger partial charge on any atom is -0.491 e. The number of nitrogens with zero attached hydrogens (tertiary/aromatic N) is 7. The summed E-state index contributed by atoms with van der Waals surface area (Å²) >= 11 is 12.8. The smallest absolute Gasteiger partial charge is 0.350 e. The van der Waals surface area contributed by atoms with E-state index in [1.165, 1.54) is 4.68 Å².